The minimum Gasteiger partial charge on any atom is -0.452 e. The van der Waals surface area contributed by atoms with Gasteiger partial charge in [0, 0.05) is 18.2 Å². The van der Waals surface area contributed by atoms with Gasteiger partial charge in [0.25, 0.3) is 17.5 Å². The van der Waals surface area contributed by atoms with Gasteiger partial charge in [0.1, 0.15) is 0 Å². The number of carbonyl (C=O) groups is 3. The van der Waals surface area contributed by atoms with Crippen molar-refractivity contribution in [2.75, 3.05) is 11.9 Å². The van der Waals surface area contributed by atoms with Crippen LogP contribution < -0.4 is 10.6 Å². The van der Waals surface area contributed by atoms with Gasteiger partial charge in [-0.25, -0.2) is 4.79 Å². The molecular weight excluding hydrogens is 438 g/mol. The first kappa shape index (κ1) is 24.1. The molecule has 9 heteroatoms. The number of hydrogen-bond acceptors (Lipinski definition) is 6. The van der Waals surface area contributed by atoms with E-state index in [1.807, 2.05) is 31.2 Å². The van der Waals surface area contributed by atoms with Crippen LogP contribution in [0.3, 0.4) is 0 Å². The highest BCUT2D eigenvalue weighted by Gasteiger charge is 2.18. The molecule has 9 nitrogen and oxygen atoms in total. The number of nitro benzene ring substituents is 1. The van der Waals surface area contributed by atoms with Crippen molar-refractivity contribution < 1.29 is 24.0 Å². The molecule has 0 atom stereocenters. The summed E-state index contributed by atoms with van der Waals surface area (Å²) in [6.45, 7) is 3.22. The van der Waals surface area contributed by atoms with E-state index in [1.54, 1.807) is 31.2 Å². The lowest BCUT2D eigenvalue weighted by atomic mass is 10.1. The Morgan fingerprint density at radius 2 is 1.68 bits per heavy atom. The number of esters is 1. The van der Waals surface area contributed by atoms with E-state index in [-0.39, 0.29) is 28.4 Å². The van der Waals surface area contributed by atoms with E-state index >= 15 is 0 Å². The van der Waals surface area contributed by atoms with Crippen molar-refractivity contribution in [3.63, 3.8) is 0 Å². The molecule has 34 heavy (non-hydrogen) atoms. The van der Waals surface area contributed by atoms with E-state index in [2.05, 4.69) is 10.6 Å². The maximum atomic E-state index is 12.6. The molecule has 3 rings (SSSR count). The number of ether oxygens (including phenoxy) is 1. The molecule has 3 aromatic rings. The zero-order valence-corrected chi connectivity index (χ0v) is 18.7. The van der Waals surface area contributed by atoms with Gasteiger partial charge in [0.05, 0.1) is 21.7 Å². The van der Waals surface area contributed by atoms with E-state index in [4.69, 9.17) is 4.74 Å². The van der Waals surface area contributed by atoms with Gasteiger partial charge in [-0.2, -0.15) is 0 Å². The predicted octanol–water partition coefficient (Wildman–Crippen LogP) is 3.94. The van der Waals surface area contributed by atoms with Gasteiger partial charge >= 0.3 is 5.97 Å². The molecule has 0 unspecified atom stereocenters. The van der Waals surface area contributed by atoms with Crippen LogP contribution in [0, 0.1) is 24.0 Å². The van der Waals surface area contributed by atoms with E-state index in [9.17, 15) is 24.5 Å². The topological polar surface area (TPSA) is 128 Å². The number of aryl methyl sites for hydroxylation is 2. The van der Waals surface area contributed by atoms with Crippen LogP contribution in [0.5, 0.6) is 0 Å². The number of hydrogen-bond donors (Lipinski definition) is 2. The Morgan fingerprint density at radius 1 is 0.971 bits per heavy atom. The van der Waals surface area contributed by atoms with E-state index in [0.717, 1.165) is 17.2 Å². The summed E-state index contributed by atoms with van der Waals surface area (Å²) in [4.78, 5) is 47.7. The maximum absolute atomic E-state index is 12.6. The standard InChI is InChI=1S/C25H23N3O6/c1-16-7-10-18(11-8-16)14-26-24(30)20-5-3-4-6-21(20)27-23(29)15-34-25(31)19-12-9-17(2)22(13-19)28(32)33/h3-13H,14-15H2,1-2H3,(H,26,30)(H,27,29). The molecule has 0 fully saturated rings. The second kappa shape index (κ2) is 10.9. The summed E-state index contributed by atoms with van der Waals surface area (Å²) < 4.78 is 4.98. The summed E-state index contributed by atoms with van der Waals surface area (Å²) in [6.07, 6.45) is 0. The number of nitro groups is 1. The molecule has 174 valence electrons. The van der Waals surface area contributed by atoms with Crippen molar-refractivity contribution in [1.29, 1.82) is 0 Å². The van der Waals surface area contributed by atoms with Gasteiger partial charge in [0.15, 0.2) is 6.61 Å². The summed E-state index contributed by atoms with van der Waals surface area (Å²) in [7, 11) is 0. The molecule has 0 bridgehead atoms. The largest absolute Gasteiger partial charge is 0.452 e. The van der Waals surface area contributed by atoms with Crippen molar-refractivity contribution in [3.8, 4) is 0 Å². The van der Waals surface area contributed by atoms with Crippen LogP contribution in [0.15, 0.2) is 66.7 Å². The van der Waals surface area contributed by atoms with Crippen LogP contribution in [0.25, 0.3) is 0 Å². The Balaban J connectivity index is 1.59. The van der Waals surface area contributed by atoms with Crippen LogP contribution in [0.2, 0.25) is 0 Å². The maximum Gasteiger partial charge on any atom is 0.338 e. The fraction of sp³-hybridized carbons (Fsp3) is 0.160. The third-order valence-corrected chi connectivity index (χ3v) is 5.00. The SMILES string of the molecule is Cc1ccc(CNC(=O)c2ccccc2NC(=O)COC(=O)c2ccc(C)c([N+](=O)[O-])c2)cc1. The highest BCUT2D eigenvalue weighted by Crippen LogP contribution is 2.20. The van der Waals surface area contributed by atoms with Crippen molar-refractivity contribution >= 4 is 29.2 Å². The summed E-state index contributed by atoms with van der Waals surface area (Å²) >= 11 is 0. The molecule has 0 spiro atoms. The van der Waals surface area contributed by atoms with Gasteiger partial charge in [-0.3, -0.25) is 19.7 Å². The normalized spacial score (nSPS) is 10.3. The lowest BCUT2D eigenvalue weighted by Crippen LogP contribution is -2.26. The molecule has 0 aliphatic carbocycles. The first-order valence-electron chi connectivity index (χ1n) is 10.4. The molecule has 0 saturated carbocycles. The van der Waals surface area contributed by atoms with Gasteiger partial charge < -0.3 is 15.4 Å². The van der Waals surface area contributed by atoms with Gasteiger partial charge in [-0.15, -0.1) is 0 Å². The highest BCUT2D eigenvalue weighted by atomic mass is 16.6. The van der Waals surface area contributed by atoms with Crippen LogP contribution >= 0.6 is 0 Å². The number of carbonyl (C=O) groups excluding carboxylic acids is 3. The summed E-state index contributed by atoms with van der Waals surface area (Å²) in [5, 5.41) is 16.4. The average molecular weight is 461 g/mol. The highest BCUT2D eigenvalue weighted by molar-refractivity contribution is 6.04. The van der Waals surface area contributed by atoms with Gasteiger partial charge in [0.2, 0.25) is 0 Å². The fourth-order valence-corrected chi connectivity index (χ4v) is 3.11. The first-order chi connectivity index (χ1) is 16.2. The van der Waals surface area contributed by atoms with E-state index in [1.165, 1.54) is 12.1 Å². The number of amides is 2. The molecule has 0 aliphatic heterocycles. The smallest absolute Gasteiger partial charge is 0.338 e. The van der Waals surface area contributed by atoms with E-state index < -0.39 is 23.4 Å². The van der Waals surface area contributed by atoms with Crippen molar-refractivity contribution in [2.24, 2.45) is 0 Å². The van der Waals surface area contributed by atoms with Crippen molar-refractivity contribution in [3.05, 3.63) is 105 Å². The average Bonchev–Trinajstić information content (AvgIpc) is 2.82. The number of para-hydroxylation sites is 1. The molecule has 0 saturated heterocycles. The van der Waals surface area contributed by atoms with Crippen LogP contribution in [0.1, 0.15) is 37.4 Å². The lowest BCUT2D eigenvalue weighted by molar-refractivity contribution is -0.385. The van der Waals surface area contributed by atoms with Crippen molar-refractivity contribution in [1.82, 2.24) is 5.32 Å². The van der Waals surface area contributed by atoms with Gasteiger partial charge in [-0.1, -0.05) is 48.0 Å². The summed E-state index contributed by atoms with van der Waals surface area (Å²) in [6, 6.07) is 18.1. The quantitative estimate of drug-likeness (QED) is 0.297. The second-order valence-corrected chi connectivity index (χ2v) is 7.60. The molecule has 0 radical (unpaired) electrons. The number of anilines is 1. The number of benzene rings is 3. The minimum absolute atomic E-state index is 0.0408. The molecule has 0 aromatic heterocycles. The Labute approximate surface area is 195 Å². The third kappa shape index (κ3) is 6.26. The first-order valence-corrected chi connectivity index (χ1v) is 10.4. The predicted molar refractivity (Wildman–Crippen MR) is 126 cm³/mol. The zero-order chi connectivity index (χ0) is 24.7. The number of nitrogens with one attached hydrogen (secondary N) is 2. The van der Waals surface area contributed by atoms with E-state index in [0.29, 0.717) is 12.1 Å². The molecule has 3 aromatic carbocycles. The Kier molecular flexibility index (Phi) is 7.71. The van der Waals surface area contributed by atoms with Crippen LogP contribution in [-0.4, -0.2) is 29.3 Å². The molecule has 0 heterocycles. The Morgan fingerprint density at radius 3 is 2.38 bits per heavy atom. The molecule has 0 aliphatic rings. The molecular formula is C25H23N3O6. The van der Waals surface area contributed by atoms with Crippen LogP contribution in [-0.2, 0) is 16.1 Å². The molecule has 2 amide bonds. The Hall–Kier alpha value is -4.53. The monoisotopic (exact) mass is 461 g/mol. The zero-order valence-electron chi connectivity index (χ0n) is 18.7. The Bertz CT molecular complexity index is 1240. The lowest BCUT2D eigenvalue weighted by Gasteiger charge is -2.12. The molecule has 2 N–H and O–H groups in total. The van der Waals surface area contributed by atoms with Crippen LogP contribution in [0.4, 0.5) is 11.4 Å². The minimum atomic E-state index is -0.873. The summed E-state index contributed by atoms with van der Waals surface area (Å²) in [5.41, 5.74) is 2.70. The fourth-order valence-electron chi connectivity index (χ4n) is 3.11. The summed E-state index contributed by atoms with van der Waals surface area (Å²) in [5.74, 6) is -1.91. The third-order valence-electron chi connectivity index (χ3n) is 5.00. The van der Waals surface area contributed by atoms with Crippen molar-refractivity contribution in [2.45, 2.75) is 20.4 Å². The van der Waals surface area contributed by atoms with Gasteiger partial charge in [-0.05, 0) is 37.6 Å². The number of rotatable bonds is 8. The second-order valence-electron chi connectivity index (χ2n) is 7.60. The number of nitrogens with zero attached hydrogens (tertiary/aromatic N) is 1.